The third-order valence-corrected chi connectivity index (χ3v) is 20.3. The molecule has 17 rings (SSSR count). The third kappa shape index (κ3) is 13.3. The van der Waals surface area contributed by atoms with Crippen molar-refractivity contribution in [1.82, 2.24) is 4.57 Å². The molecule has 1 aliphatic rings. The fraction of sp³-hybridized carbons (Fsp3) is 0.165. The van der Waals surface area contributed by atoms with Crippen molar-refractivity contribution >= 4 is 96.4 Å². The summed E-state index contributed by atoms with van der Waals surface area (Å²) in [7, 11) is 0. The summed E-state index contributed by atoms with van der Waals surface area (Å²) in [6, 6.07) is 86.1. The molecule has 0 atom stereocenters. The van der Waals surface area contributed by atoms with Crippen LogP contribution in [0.5, 0.6) is 0 Å². The molecule has 0 saturated heterocycles. The van der Waals surface area contributed by atoms with Crippen molar-refractivity contribution in [3.63, 3.8) is 0 Å². The maximum absolute atomic E-state index is 12.7. The Morgan fingerprint density at radius 1 is 0.268 bits per heavy atom. The lowest BCUT2D eigenvalue weighted by Gasteiger charge is -2.22. The van der Waals surface area contributed by atoms with E-state index in [0.717, 1.165) is 13.8 Å². The quantitative estimate of drug-likeness (QED) is 0.0668. The van der Waals surface area contributed by atoms with Gasteiger partial charge >= 0.3 is 0 Å². The van der Waals surface area contributed by atoms with Gasteiger partial charge in [0.15, 0.2) is 23.3 Å². The minimum absolute atomic E-state index is 0.142. The number of hydrogen-bond donors (Lipinski definition) is 0. The molecule has 2 aromatic heterocycles. The van der Waals surface area contributed by atoms with Gasteiger partial charge in [0, 0.05) is 53.2 Å². The number of rotatable bonds is 1. The highest BCUT2D eigenvalue weighted by molar-refractivity contribution is 7.25. The lowest BCUT2D eigenvalue weighted by Crippen LogP contribution is -2.15. The minimum atomic E-state index is -1.33. The largest absolute Gasteiger partial charge is 0.309 e. The zero-order chi connectivity index (χ0) is 68.7. The van der Waals surface area contributed by atoms with Gasteiger partial charge in [-0.05, 0) is 219 Å². The van der Waals surface area contributed by atoms with Crippen LogP contribution in [-0.4, -0.2) is 4.57 Å². The summed E-state index contributed by atoms with van der Waals surface area (Å²) >= 11 is 1.89. The van der Waals surface area contributed by atoms with E-state index < -0.39 is 34.4 Å². The molecule has 0 aliphatic heterocycles. The number of thiophene rings is 1. The molecule has 1 aliphatic carbocycles. The molecule has 0 bridgehead atoms. The number of halogens is 4. The first kappa shape index (κ1) is 66.9. The monoisotopic (exact) mass is 1300 g/mol. The van der Waals surface area contributed by atoms with Crippen LogP contribution in [0.1, 0.15) is 91.7 Å². The highest BCUT2D eigenvalue weighted by Gasteiger charge is 2.35. The molecule has 0 unspecified atom stereocenters. The van der Waals surface area contributed by atoms with Crippen molar-refractivity contribution in [2.24, 2.45) is 0 Å². The fourth-order valence-electron chi connectivity index (χ4n) is 13.8. The number of aromatic nitrogens is 1. The molecule has 0 radical (unpaired) electrons. The zero-order valence-electron chi connectivity index (χ0n) is 57.9. The van der Waals surface area contributed by atoms with Gasteiger partial charge in [-0.1, -0.05) is 236 Å². The van der Waals surface area contributed by atoms with Crippen LogP contribution in [0, 0.1) is 106 Å². The molecule has 1 nitrogen and oxygen atoms in total. The van der Waals surface area contributed by atoms with E-state index in [0.29, 0.717) is 0 Å². The Morgan fingerprint density at radius 2 is 0.608 bits per heavy atom. The topological polar surface area (TPSA) is 4.93 Å². The van der Waals surface area contributed by atoms with Crippen LogP contribution in [0.3, 0.4) is 0 Å². The van der Waals surface area contributed by atoms with Crippen molar-refractivity contribution < 1.29 is 17.6 Å². The van der Waals surface area contributed by atoms with E-state index in [1.165, 1.54) is 169 Å². The highest BCUT2D eigenvalue weighted by Crippen LogP contribution is 2.49. The van der Waals surface area contributed by atoms with E-state index in [9.17, 15) is 17.6 Å². The Hall–Kier alpha value is -10.1. The molecule has 484 valence electrons. The first-order chi connectivity index (χ1) is 46.5. The summed E-state index contributed by atoms with van der Waals surface area (Å²) in [4.78, 5) is 0. The molecule has 14 aromatic carbocycles. The normalized spacial score (nSPS) is 11.9. The van der Waals surface area contributed by atoms with Crippen molar-refractivity contribution in [2.75, 3.05) is 0 Å². The predicted molar refractivity (Wildman–Crippen MR) is 410 cm³/mol. The smallest absolute Gasteiger partial charge is 0.165 e. The van der Waals surface area contributed by atoms with Crippen LogP contribution in [-0.2, 0) is 5.41 Å². The Balaban J connectivity index is 0.000000112. The van der Waals surface area contributed by atoms with Crippen molar-refractivity contribution in [3.8, 4) is 16.8 Å². The molecule has 0 saturated carbocycles. The fourth-order valence-corrected chi connectivity index (χ4v) is 15.1. The SMILES string of the molecule is Cc1c(F)c(F)c(C)c(F)c1F.Cc1c2ccccc2c(C)c2ccccc12.Cc1ccc2c(c1)C(C)(C)c1cc(C)ccc1-2.Cc1ccc2c(c1)c1ccc(C)cc1n2-c1ccccc1.Cc1ccc2c(c1)sc1cc(C)ccc12.Cc1ccc2c(ccc3cc(C)ccc32)c1. The van der Waals surface area contributed by atoms with Crippen LogP contribution >= 0.6 is 11.3 Å². The summed E-state index contributed by atoms with van der Waals surface area (Å²) in [6.45, 7) is 28.3. The van der Waals surface area contributed by atoms with Gasteiger partial charge in [-0.3, -0.25) is 0 Å². The van der Waals surface area contributed by atoms with Crippen molar-refractivity contribution in [1.29, 1.82) is 0 Å². The van der Waals surface area contributed by atoms with Gasteiger partial charge < -0.3 is 4.57 Å². The third-order valence-electron chi connectivity index (χ3n) is 19.2. The Labute approximate surface area is 572 Å². The van der Waals surface area contributed by atoms with Crippen LogP contribution in [0.2, 0.25) is 0 Å². The number of fused-ring (bicyclic) bond motifs is 14. The van der Waals surface area contributed by atoms with Gasteiger partial charge in [-0.25, -0.2) is 17.6 Å². The van der Waals surface area contributed by atoms with Crippen LogP contribution in [0.25, 0.3) is 102 Å². The molecule has 2 heterocycles. The summed E-state index contributed by atoms with van der Waals surface area (Å²) in [5, 5.41) is 16.3. The lowest BCUT2D eigenvalue weighted by atomic mass is 9.81. The molecule has 16 aromatic rings. The molecular weight excluding hydrogens is 1220 g/mol. The second-order valence-electron chi connectivity index (χ2n) is 26.9. The average molecular weight is 1300 g/mol. The Bertz CT molecular complexity index is 5300. The standard InChI is InChI=1S/C20H17N.C17H18.2C16H14.C14H12S.C8H6F4/c1-14-9-11-19-18(12-14)17-10-8-15(2)13-20(17)21(19)16-6-4-3-5-7-16;1-11-5-7-13-14-8-6-12(2)10-16(14)17(3,4)15(13)9-11;1-11-3-7-15-13(9-11)5-6-14-10-12(2)4-8-16(14)15;1-11-13-7-3-5-9-15(13)12(2)16-10-6-4-8-14(11)16;1-9-3-5-11-12-6-4-10(2)8-14(12)15-13(11)7-9;1-3-5(9)7(11)4(2)8(12)6(3)10/h3-13H,1-2H3;5-10H,1-4H3;2*3-10H,1-2H3;3-8H,1-2H3;1-2H3. The molecule has 0 fully saturated rings. The van der Waals surface area contributed by atoms with E-state index in [1.54, 1.807) is 0 Å². The lowest BCUT2D eigenvalue weighted by molar-refractivity contribution is 0.436. The average Bonchev–Trinajstić information content (AvgIpc) is 1.56. The number of para-hydroxylation sites is 1. The number of aryl methyl sites for hydroxylation is 10. The molecule has 97 heavy (non-hydrogen) atoms. The minimum Gasteiger partial charge on any atom is -0.309 e. The Kier molecular flexibility index (Phi) is 19.0. The summed E-state index contributed by atoms with van der Waals surface area (Å²) in [5.41, 5.74) is 21.8. The van der Waals surface area contributed by atoms with E-state index in [1.807, 2.05) is 11.3 Å². The molecule has 6 heteroatoms. The predicted octanol–water partition coefficient (Wildman–Crippen LogP) is 26.8. The van der Waals surface area contributed by atoms with Gasteiger partial charge in [-0.2, -0.15) is 0 Å². The van der Waals surface area contributed by atoms with Gasteiger partial charge in [0.05, 0.1) is 11.0 Å². The maximum atomic E-state index is 12.7. The van der Waals surface area contributed by atoms with Gasteiger partial charge in [0.25, 0.3) is 0 Å². The molecule has 0 spiro atoms. The van der Waals surface area contributed by atoms with Crippen LogP contribution in [0.15, 0.2) is 237 Å². The van der Waals surface area contributed by atoms with E-state index in [4.69, 9.17) is 0 Å². The number of hydrogen-bond acceptors (Lipinski definition) is 1. The summed E-state index contributed by atoms with van der Waals surface area (Å²) < 4.78 is 55.8. The van der Waals surface area contributed by atoms with Gasteiger partial charge in [0.1, 0.15) is 0 Å². The highest BCUT2D eigenvalue weighted by atomic mass is 32.1. The molecule has 0 amide bonds. The summed E-state index contributed by atoms with van der Waals surface area (Å²) in [6.07, 6.45) is 0. The Morgan fingerprint density at radius 3 is 1.04 bits per heavy atom. The van der Waals surface area contributed by atoms with E-state index in [2.05, 4.69) is 324 Å². The van der Waals surface area contributed by atoms with Crippen LogP contribution in [0.4, 0.5) is 17.6 Å². The van der Waals surface area contributed by atoms with E-state index >= 15 is 0 Å². The first-order valence-corrected chi connectivity index (χ1v) is 34.0. The maximum Gasteiger partial charge on any atom is 0.165 e. The zero-order valence-corrected chi connectivity index (χ0v) is 58.7. The number of benzene rings is 14. The van der Waals surface area contributed by atoms with Crippen LogP contribution < -0.4 is 0 Å². The number of nitrogens with zero attached hydrogens (tertiary/aromatic N) is 1. The first-order valence-electron chi connectivity index (χ1n) is 33.2. The van der Waals surface area contributed by atoms with Gasteiger partial charge in [0.2, 0.25) is 0 Å². The van der Waals surface area contributed by atoms with E-state index in [-0.39, 0.29) is 5.41 Å². The molecule has 0 N–H and O–H groups in total. The van der Waals surface area contributed by atoms with Gasteiger partial charge in [-0.15, -0.1) is 11.3 Å². The second-order valence-corrected chi connectivity index (χ2v) is 28.0. The van der Waals surface area contributed by atoms with Crippen molar-refractivity contribution in [3.05, 3.63) is 338 Å². The molecular formula is C91H81F4NS. The van der Waals surface area contributed by atoms with Crippen molar-refractivity contribution in [2.45, 2.75) is 102 Å². The second kappa shape index (κ2) is 27.5. The summed E-state index contributed by atoms with van der Waals surface area (Å²) in [5.74, 6) is -5.31.